The second kappa shape index (κ2) is 17.0. The molecule has 0 N–H and O–H groups in total. The molecule has 0 radical (unpaired) electrons. The number of pyridine rings is 1. The molecule has 3 heterocycles. The molecule has 0 saturated heterocycles. The Hall–Kier alpha value is -8.99. The summed E-state index contributed by atoms with van der Waals surface area (Å²) in [5.74, 6) is 1.07. The summed E-state index contributed by atoms with van der Waals surface area (Å²) in [5, 5.41) is 4.76. The van der Waals surface area contributed by atoms with Crippen LogP contribution in [0.5, 0.6) is 0 Å². The minimum Gasteiger partial charge on any atom is -0.292 e. The number of nitrogens with zero attached hydrogens (tertiary/aromatic N) is 4. The molecule has 0 unspecified atom stereocenters. The number of aromatic nitrogens is 3. The molecule has 1 aliphatic rings. The highest BCUT2D eigenvalue weighted by atomic mass is 15.1. The summed E-state index contributed by atoms with van der Waals surface area (Å²) in [7, 11) is 0. The van der Waals surface area contributed by atoms with Crippen molar-refractivity contribution in [1.29, 1.82) is 0 Å². The highest BCUT2D eigenvalue weighted by Crippen LogP contribution is 2.44. The summed E-state index contributed by atoms with van der Waals surface area (Å²) in [6, 6.07) is 89.1. The van der Waals surface area contributed by atoms with Crippen molar-refractivity contribution in [3.05, 3.63) is 265 Å². The predicted molar refractivity (Wildman–Crippen MR) is 287 cm³/mol. The first kappa shape index (κ1) is 40.3. The Morgan fingerprint density at radius 1 is 0.377 bits per heavy atom. The van der Waals surface area contributed by atoms with Crippen LogP contribution in [0.2, 0.25) is 0 Å². The average molecular weight is 881 g/mol. The van der Waals surface area contributed by atoms with E-state index in [0.717, 1.165) is 96.3 Å². The van der Waals surface area contributed by atoms with Crippen molar-refractivity contribution >= 4 is 44.0 Å². The molecule has 13 rings (SSSR count). The van der Waals surface area contributed by atoms with Crippen molar-refractivity contribution < 1.29 is 0 Å². The largest absolute Gasteiger partial charge is 0.292 e. The maximum atomic E-state index is 5.90. The number of fused-ring (bicyclic) bond motifs is 4. The Kier molecular flexibility index (Phi) is 9.94. The molecule has 1 aliphatic heterocycles. The molecule has 0 spiro atoms. The van der Waals surface area contributed by atoms with E-state index in [9.17, 15) is 0 Å². The third-order valence-electron chi connectivity index (χ3n) is 13.7. The highest BCUT2D eigenvalue weighted by molar-refractivity contribution is 6.05. The second-order valence-electron chi connectivity index (χ2n) is 17.9. The molecule has 4 nitrogen and oxygen atoms in total. The molecule has 0 fully saturated rings. The van der Waals surface area contributed by atoms with Gasteiger partial charge < -0.3 is 0 Å². The van der Waals surface area contributed by atoms with Gasteiger partial charge in [0.2, 0.25) is 0 Å². The van der Waals surface area contributed by atoms with Crippen LogP contribution in [-0.4, -0.2) is 20.2 Å². The van der Waals surface area contributed by atoms with Gasteiger partial charge in [-0.05, 0) is 110 Å². The number of aliphatic imine (C=N–C) groups is 1. The molecule has 69 heavy (non-hydrogen) atoms. The van der Waals surface area contributed by atoms with Crippen molar-refractivity contribution in [2.45, 2.75) is 12.3 Å². The van der Waals surface area contributed by atoms with Gasteiger partial charge in [-0.15, -0.1) is 0 Å². The first-order valence-electron chi connectivity index (χ1n) is 23.7. The smallest absolute Gasteiger partial charge is 0.145 e. The van der Waals surface area contributed by atoms with Crippen molar-refractivity contribution in [3.63, 3.8) is 0 Å². The Balaban J connectivity index is 1.04. The zero-order valence-electron chi connectivity index (χ0n) is 37.7. The summed E-state index contributed by atoms with van der Waals surface area (Å²) in [4.78, 5) is 16.5. The van der Waals surface area contributed by atoms with E-state index < -0.39 is 0 Å². The third kappa shape index (κ3) is 7.40. The van der Waals surface area contributed by atoms with Crippen LogP contribution in [-0.2, 0) is 0 Å². The molecule has 0 aliphatic carbocycles. The standard InChI is InChI=1S/C65H44N4/c1-3-19-45(20-4-1)56-42-61(66-59-30-12-11-29-55(56)59)50-23-15-24-51(39-50)63-57(48-35-33-43-17-7-9-21-46(43)37-48)41-58(49-36-34-44-18-8-10-22-47(44)38-49)64(68-63)52-25-16-26-53(40-52)65-67-60-31-13-14-32-62(60)69(65)54-27-5-2-6-28-54/h1-41,56H,42H2/t56-/m1/s1. The SMILES string of the molecule is c1ccc([C@H]2CC(c3cccc(-c4nc(-c5cccc(-c6nc7ccccc7n6-c6ccccc6)c5)c(-c5ccc6ccccc6c5)cc4-c4ccc5ccccc5c4)c3)=Nc3ccccc32)cc1. The second-order valence-corrected chi connectivity index (χ2v) is 17.9. The normalized spacial score (nSPS) is 13.4. The maximum Gasteiger partial charge on any atom is 0.145 e. The van der Waals surface area contributed by atoms with Crippen molar-refractivity contribution in [2.75, 3.05) is 0 Å². The number of rotatable bonds is 8. The third-order valence-corrected chi connectivity index (χ3v) is 13.7. The van der Waals surface area contributed by atoms with E-state index in [1.54, 1.807) is 0 Å². The number of para-hydroxylation sites is 4. The molecule has 10 aromatic carbocycles. The number of benzene rings is 10. The first-order chi connectivity index (χ1) is 34.2. The Morgan fingerprint density at radius 2 is 0.928 bits per heavy atom. The van der Waals surface area contributed by atoms with Crippen molar-refractivity contribution in [2.24, 2.45) is 4.99 Å². The van der Waals surface area contributed by atoms with Crippen LogP contribution in [0.4, 0.5) is 5.69 Å². The zero-order chi connectivity index (χ0) is 45.7. The fourth-order valence-corrected chi connectivity index (χ4v) is 10.4. The molecular weight excluding hydrogens is 837 g/mol. The van der Waals surface area contributed by atoms with Crippen LogP contribution >= 0.6 is 0 Å². The lowest BCUT2D eigenvalue weighted by Gasteiger charge is -2.26. The lowest BCUT2D eigenvalue weighted by Crippen LogP contribution is -2.14. The molecule has 2 aromatic heterocycles. The first-order valence-corrected chi connectivity index (χ1v) is 23.7. The molecule has 0 bridgehead atoms. The quantitative estimate of drug-likeness (QED) is 0.153. The molecule has 1 atom stereocenters. The summed E-state index contributed by atoms with van der Waals surface area (Å²) in [5.41, 5.74) is 18.0. The Labute approximate surface area is 401 Å². The molecule has 4 heteroatoms. The van der Waals surface area contributed by atoms with Gasteiger partial charge in [-0.25, -0.2) is 9.97 Å². The van der Waals surface area contributed by atoms with Gasteiger partial charge in [-0.3, -0.25) is 9.56 Å². The molecule has 0 amide bonds. The van der Waals surface area contributed by atoms with Crippen molar-refractivity contribution in [3.8, 4) is 61.8 Å². The lowest BCUT2D eigenvalue weighted by atomic mass is 9.82. The summed E-state index contributed by atoms with van der Waals surface area (Å²) >= 11 is 0. The van der Waals surface area contributed by atoms with Gasteiger partial charge in [0, 0.05) is 51.6 Å². The minimum absolute atomic E-state index is 0.194. The monoisotopic (exact) mass is 880 g/mol. The van der Waals surface area contributed by atoms with E-state index in [4.69, 9.17) is 15.0 Å². The van der Waals surface area contributed by atoms with Gasteiger partial charge in [0.15, 0.2) is 0 Å². The van der Waals surface area contributed by atoms with E-state index in [-0.39, 0.29) is 5.92 Å². The van der Waals surface area contributed by atoms with E-state index in [2.05, 4.69) is 253 Å². The van der Waals surface area contributed by atoms with E-state index in [1.165, 1.54) is 32.7 Å². The maximum absolute atomic E-state index is 5.90. The van der Waals surface area contributed by atoms with Gasteiger partial charge in [0.25, 0.3) is 0 Å². The fourth-order valence-electron chi connectivity index (χ4n) is 10.4. The van der Waals surface area contributed by atoms with Crippen LogP contribution in [0.15, 0.2) is 254 Å². The van der Waals surface area contributed by atoms with Crippen molar-refractivity contribution in [1.82, 2.24) is 14.5 Å². The van der Waals surface area contributed by atoms with E-state index in [1.807, 2.05) is 0 Å². The number of hydrogen-bond donors (Lipinski definition) is 0. The van der Waals surface area contributed by atoms with Gasteiger partial charge in [-0.1, -0.05) is 188 Å². The number of hydrogen-bond acceptors (Lipinski definition) is 3. The Bertz CT molecular complexity index is 3940. The zero-order valence-corrected chi connectivity index (χ0v) is 37.7. The van der Waals surface area contributed by atoms with Crippen LogP contribution in [0, 0.1) is 0 Å². The summed E-state index contributed by atoms with van der Waals surface area (Å²) < 4.78 is 2.26. The van der Waals surface area contributed by atoms with Gasteiger partial charge in [0.1, 0.15) is 5.82 Å². The fraction of sp³-hybridized carbons (Fsp3) is 0.0308. The molecule has 0 saturated carbocycles. The molecule has 324 valence electrons. The highest BCUT2D eigenvalue weighted by Gasteiger charge is 2.26. The van der Waals surface area contributed by atoms with Crippen LogP contribution in [0.1, 0.15) is 29.0 Å². The molecular formula is C65H44N4. The van der Waals surface area contributed by atoms with Crippen LogP contribution < -0.4 is 0 Å². The summed E-state index contributed by atoms with van der Waals surface area (Å²) in [6.07, 6.45) is 0.794. The van der Waals surface area contributed by atoms with Crippen LogP contribution in [0.25, 0.3) is 94.4 Å². The van der Waals surface area contributed by atoms with E-state index in [0.29, 0.717) is 0 Å². The lowest BCUT2D eigenvalue weighted by molar-refractivity contribution is 0.840. The minimum atomic E-state index is 0.194. The number of imidazole rings is 1. The van der Waals surface area contributed by atoms with Crippen LogP contribution in [0.3, 0.4) is 0 Å². The Morgan fingerprint density at radius 3 is 1.62 bits per heavy atom. The van der Waals surface area contributed by atoms with Gasteiger partial charge in [0.05, 0.1) is 28.1 Å². The predicted octanol–water partition coefficient (Wildman–Crippen LogP) is 16.7. The average Bonchev–Trinajstić information content (AvgIpc) is 3.83. The van der Waals surface area contributed by atoms with Gasteiger partial charge in [-0.2, -0.15) is 0 Å². The summed E-state index contributed by atoms with van der Waals surface area (Å²) in [6.45, 7) is 0. The van der Waals surface area contributed by atoms with Gasteiger partial charge >= 0.3 is 0 Å². The topological polar surface area (TPSA) is 43.1 Å². The van der Waals surface area contributed by atoms with E-state index >= 15 is 0 Å². The molecule has 12 aromatic rings.